The van der Waals surface area contributed by atoms with Crippen molar-refractivity contribution in [2.45, 2.75) is 45.1 Å². The normalized spacial score (nSPS) is 20.5. The smallest absolute Gasteiger partial charge is 0.263 e. The summed E-state index contributed by atoms with van der Waals surface area (Å²) in [6.45, 7) is 8.86. The molecule has 166 valence electrons. The van der Waals surface area contributed by atoms with Crippen LogP contribution in [0.5, 0.6) is 0 Å². The lowest BCUT2D eigenvalue weighted by atomic mass is 9.87. The molecule has 1 unspecified atom stereocenters. The van der Waals surface area contributed by atoms with E-state index in [0.29, 0.717) is 5.92 Å². The van der Waals surface area contributed by atoms with Gasteiger partial charge in [-0.15, -0.1) is 0 Å². The van der Waals surface area contributed by atoms with Gasteiger partial charge in [0.1, 0.15) is 11.2 Å². The van der Waals surface area contributed by atoms with Crippen molar-refractivity contribution >= 4 is 45.1 Å². The van der Waals surface area contributed by atoms with Gasteiger partial charge < -0.3 is 28.9 Å². The maximum Gasteiger partial charge on any atom is 0.263 e. The number of anilines is 1. The molecule has 0 spiro atoms. The monoisotopic (exact) mass is 572 g/mol. The summed E-state index contributed by atoms with van der Waals surface area (Å²) in [5.74, 6) is 0.663. The Morgan fingerprint density at radius 3 is 2.62 bits per heavy atom. The van der Waals surface area contributed by atoms with Gasteiger partial charge in [0.25, 0.3) is 5.01 Å². The Kier molecular flexibility index (Phi) is 7.47. The Balaban J connectivity index is 0.00000245. The molecule has 2 aromatic carbocycles. The van der Waals surface area contributed by atoms with Crippen LogP contribution in [0.3, 0.4) is 0 Å². The third-order valence-corrected chi connectivity index (χ3v) is 8.29. The first kappa shape index (κ1) is 23.6. The van der Waals surface area contributed by atoms with Crippen LogP contribution in [-0.4, -0.2) is 6.54 Å². The maximum atomic E-state index is 2.44. The van der Waals surface area contributed by atoms with Crippen LogP contribution in [0.4, 0.5) is 5.69 Å². The summed E-state index contributed by atoms with van der Waals surface area (Å²) in [5.41, 5.74) is 5.58. The minimum Gasteiger partial charge on any atom is -1.00 e. The zero-order chi connectivity index (χ0) is 21.4. The van der Waals surface area contributed by atoms with Crippen LogP contribution in [-0.2, 0) is 6.54 Å². The lowest BCUT2D eigenvalue weighted by Crippen LogP contribution is -3.00. The van der Waals surface area contributed by atoms with Crippen molar-refractivity contribution in [2.24, 2.45) is 5.92 Å². The Hall–Kier alpha value is -1.57. The second kappa shape index (κ2) is 10.1. The summed E-state index contributed by atoms with van der Waals surface area (Å²) in [6, 6.07) is 17.5. The molecule has 0 amide bonds. The van der Waals surface area contributed by atoms with Crippen molar-refractivity contribution < 1.29 is 28.5 Å². The molecule has 1 atom stereocenters. The molecule has 0 radical (unpaired) electrons. The van der Waals surface area contributed by atoms with Crippen molar-refractivity contribution in [2.75, 3.05) is 11.4 Å². The average molecular weight is 573 g/mol. The lowest BCUT2D eigenvalue weighted by molar-refractivity contribution is -0.665. The van der Waals surface area contributed by atoms with Crippen LogP contribution < -0.4 is 33.4 Å². The van der Waals surface area contributed by atoms with E-state index in [-0.39, 0.29) is 24.0 Å². The Bertz CT molecular complexity index is 1220. The highest BCUT2D eigenvalue weighted by atomic mass is 127. The Labute approximate surface area is 216 Å². The van der Waals surface area contributed by atoms with Crippen molar-refractivity contribution in [3.05, 3.63) is 81.9 Å². The molecule has 1 aliphatic carbocycles. The molecule has 32 heavy (non-hydrogen) atoms. The number of benzene rings is 2. The number of allylic oxidation sites excluding steroid dienone is 4. The molecule has 3 aromatic rings. The van der Waals surface area contributed by atoms with E-state index in [4.69, 9.17) is 0 Å². The number of thioether (sulfide) groups is 1. The zero-order valence-electron chi connectivity index (χ0n) is 18.8. The van der Waals surface area contributed by atoms with E-state index in [1.807, 2.05) is 23.1 Å². The number of hydrogen-bond donors (Lipinski definition) is 0. The molecular weight excluding hydrogens is 543 g/mol. The summed E-state index contributed by atoms with van der Waals surface area (Å²) in [4.78, 5) is 3.81. The number of hydrogen-bond acceptors (Lipinski definition) is 3. The molecule has 5 rings (SSSR count). The van der Waals surface area contributed by atoms with Crippen LogP contribution in [0, 0.1) is 5.92 Å². The topological polar surface area (TPSA) is 7.12 Å². The minimum absolute atomic E-state index is 0. The quantitative estimate of drug-likeness (QED) is 0.338. The molecule has 5 heteroatoms. The fraction of sp³-hybridized carbons (Fsp3) is 0.296. The number of halogens is 1. The highest BCUT2D eigenvalue weighted by molar-refractivity contribution is 8.03. The molecule has 0 N–H and O–H groups in total. The first-order chi connectivity index (χ1) is 15.2. The number of para-hydroxylation sites is 2. The fourth-order valence-corrected chi connectivity index (χ4v) is 7.13. The molecule has 2 aliphatic rings. The van der Waals surface area contributed by atoms with Crippen molar-refractivity contribution in [1.29, 1.82) is 0 Å². The van der Waals surface area contributed by atoms with Crippen molar-refractivity contribution in [3.8, 4) is 0 Å². The molecule has 1 aromatic heterocycles. The van der Waals surface area contributed by atoms with Crippen LogP contribution in [0.1, 0.15) is 38.6 Å². The van der Waals surface area contributed by atoms with E-state index in [1.54, 1.807) is 0 Å². The number of thiazole rings is 1. The SMILES string of the molecule is CCN1/C(=C/C2=CC(=C/c3sc4ccccc4[n+]3CC)/CC(C)C2)Sc2ccccc21.[I-]. The third-order valence-electron chi connectivity index (χ3n) is 6.06. The summed E-state index contributed by atoms with van der Waals surface area (Å²) in [5, 5.41) is 2.71. The first-order valence-electron chi connectivity index (χ1n) is 11.2. The van der Waals surface area contributed by atoms with Gasteiger partial charge >= 0.3 is 0 Å². The van der Waals surface area contributed by atoms with Crippen LogP contribution in [0.25, 0.3) is 16.3 Å². The fourth-order valence-electron chi connectivity index (χ4n) is 4.72. The van der Waals surface area contributed by atoms with E-state index in [1.165, 1.54) is 42.0 Å². The van der Waals surface area contributed by atoms with E-state index >= 15 is 0 Å². The highest BCUT2D eigenvalue weighted by Gasteiger charge is 2.25. The van der Waals surface area contributed by atoms with E-state index in [0.717, 1.165) is 25.9 Å². The van der Waals surface area contributed by atoms with Gasteiger partial charge in [0.15, 0.2) is 0 Å². The van der Waals surface area contributed by atoms with Crippen LogP contribution >= 0.6 is 23.1 Å². The van der Waals surface area contributed by atoms with Gasteiger partial charge in [-0.3, -0.25) is 0 Å². The van der Waals surface area contributed by atoms with Crippen molar-refractivity contribution in [1.82, 2.24) is 0 Å². The molecule has 0 saturated carbocycles. The van der Waals surface area contributed by atoms with Crippen molar-refractivity contribution in [3.63, 3.8) is 0 Å². The third kappa shape index (κ3) is 4.57. The number of aromatic nitrogens is 1. The van der Waals surface area contributed by atoms with E-state index in [2.05, 4.69) is 97.0 Å². The molecule has 0 saturated heterocycles. The molecule has 0 fully saturated rings. The number of rotatable bonds is 4. The predicted molar refractivity (Wildman–Crippen MR) is 136 cm³/mol. The Morgan fingerprint density at radius 1 is 1.03 bits per heavy atom. The largest absolute Gasteiger partial charge is 1.00 e. The number of nitrogens with zero attached hydrogens (tertiary/aromatic N) is 2. The minimum atomic E-state index is 0. The molecule has 0 bridgehead atoms. The first-order valence-corrected chi connectivity index (χ1v) is 12.9. The summed E-state index contributed by atoms with van der Waals surface area (Å²) in [6.07, 6.45) is 9.59. The molecule has 2 nitrogen and oxygen atoms in total. The van der Waals surface area contributed by atoms with Crippen LogP contribution in [0.15, 0.2) is 81.8 Å². The van der Waals surface area contributed by atoms with Gasteiger partial charge in [-0.1, -0.05) is 60.4 Å². The summed E-state index contributed by atoms with van der Waals surface area (Å²) in [7, 11) is 0. The van der Waals surface area contributed by atoms with E-state index < -0.39 is 0 Å². The summed E-state index contributed by atoms with van der Waals surface area (Å²) >= 11 is 3.81. The van der Waals surface area contributed by atoms with Gasteiger partial charge in [0.2, 0.25) is 5.52 Å². The Morgan fingerprint density at radius 2 is 1.81 bits per heavy atom. The second-order valence-electron chi connectivity index (χ2n) is 8.40. The predicted octanol–water partition coefficient (Wildman–Crippen LogP) is 4.43. The number of fused-ring (bicyclic) bond motifs is 2. The van der Waals surface area contributed by atoms with E-state index in [9.17, 15) is 0 Å². The van der Waals surface area contributed by atoms with Gasteiger partial charge in [0.05, 0.1) is 10.7 Å². The zero-order valence-corrected chi connectivity index (χ0v) is 22.6. The number of aryl methyl sites for hydroxylation is 1. The molecule has 1 aliphatic heterocycles. The summed E-state index contributed by atoms with van der Waals surface area (Å²) < 4.78 is 3.81. The molecular formula is C27H29IN2S2. The second-order valence-corrected chi connectivity index (χ2v) is 10.5. The average Bonchev–Trinajstić information content (AvgIpc) is 3.29. The van der Waals surface area contributed by atoms with Crippen LogP contribution in [0.2, 0.25) is 0 Å². The van der Waals surface area contributed by atoms with Gasteiger partial charge in [-0.05, 0) is 68.0 Å². The highest BCUT2D eigenvalue weighted by Crippen LogP contribution is 2.46. The standard InChI is InChI=1S/C27H29N2S2.HI/c1-4-28-22-10-6-8-12-24(22)30-26(28)17-20-14-19(3)15-21(16-20)18-27-29(5-2)23-11-7-9-13-25(23)31-27;/h6-13,16-19H,4-5,14-15H2,1-3H3;1H/q+1;/p-1. The molecule has 2 heterocycles. The van der Waals surface area contributed by atoms with Gasteiger partial charge in [-0.25, -0.2) is 0 Å². The van der Waals surface area contributed by atoms with Gasteiger partial charge in [-0.2, -0.15) is 4.57 Å². The maximum absolute atomic E-state index is 2.44. The lowest BCUT2D eigenvalue weighted by Gasteiger charge is -2.22. The van der Waals surface area contributed by atoms with Gasteiger partial charge in [0, 0.05) is 23.6 Å².